The second kappa shape index (κ2) is 8.20. The van der Waals surface area contributed by atoms with E-state index < -0.39 is 11.7 Å². The van der Waals surface area contributed by atoms with Gasteiger partial charge in [-0.2, -0.15) is 13.2 Å². The molecule has 0 unspecified atom stereocenters. The average molecular weight is 359 g/mol. The molecule has 0 spiro atoms. The molecule has 0 saturated heterocycles. The number of carbonyl (C=O) groups excluding carboxylic acids is 1. The Morgan fingerprint density at radius 3 is 1.96 bits per heavy atom. The van der Waals surface area contributed by atoms with E-state index in [4.69, 9.17) is 11.6 Å². The summed E-state index contributed by atoms with van der Waals surface area (Å²) in [6.07, 6.45) is -4.41. The van der Waals surface area contributed by atoms with Gasteiger partial charge >= 0.3 is 6.18 Å². The van der Waals surface area contributed by atoms with Gasteiger partial charge in [-0.05, 0) is 38.5 Å². The van der Waals surface area contributed by atoms with Crippen LogP contribution in [0.2, 0.25) is 5.02 Å². The fourth-order valence-electron chi connectivity index (χ4n) is 1.80. The first-order valence-corrected chi connectivity index (χ1v) is 7.46. The number of hydrogen-bond donors (Lipinski definition) is 0. The summed E-state index contributed by atoms with van der Waals surface area (Å²) in [4.78, 5) is 9.60. The van der Waals surface area contributed by atoms with Crippen LogP contribution >= 0.6 is 11.6 Å². The van der Waals surface area contributed by atoms with Gasteiger partial charge in [-0.15, -0.1) is 0 Å². The van der Waals surface area contributed by atoms with Gasteiger partial charge in [-0.3, -0.25) is 4.79 Å². The lowest BCUT2D eigenvalue weighted by Crippen LogP contribution is -2.17. The topological polar surface area (TPSA) is 26.3 Å². The normalized spacial score (nSPS) is 11.3. The lowest BCUT2D eigenvalue weighted by molar-refractivity contribution is -0.139. The van der Waals surface area contributed by atoms with E-state index in [2.05, 4.69) is 4.74 Å². The highest BCUT2D eigenvalue weighted by molar-refractivity contribution is 6.33. The first-order chi connectivity index (χ1) is 11.1. The zero-order valence-electron chi connectivity index (χ0n) is 13.5. The fraction of sp³-hybridized carbons (Fsp3) is 0.278. The van der Waals surface area contributed by atoms with Gasteiger partial charge in [0.1, 0.15) is 5.60 Å². The molecule has 0 radical (unpaired) electrons. The standard InChI is InChI=1S/C13H8ClF3.C5H10O2/c14-11-8-4-7-10(13(15,16)17)12(11)9-5-2-1-3-6-9;1-5(2,3)7-4-6/h1-8H;4H,1-3H3. The maximum absolute atomic E-state index is 12.9. The number of alkyl halides is 3. The van der Waals surface area contributed by atoms with Gasteiger partial charge in [0, 0.05) is 10.6 Å². The maximum Gasteiger partial charge on any atom is 0.417 e. The summed E-state index contributed by atoms with van der Waals surface area (Å²) in [7, 11) is 0. The molecule has 2 aromatic carbocycles. The van der Waals surface area contributed by atoms with Gasteiger partial charge < -0.3 is 4.74 Å². The van der Waals surface area contributed by atoms with E-state index >= 15 is 0 Å². The second-order valence-corrected chi connectivity index (χ2v) is 6.26. The molecule has 2 nitrogen and oxygen atoms in total. The zero-order chi connectivity index (χ0) is 18.4. The van der Waals surface area contributed by atoms with Gasteiger partial charge in [-0.1, -0.05) is 48.0 Å². The molecule has 0 aromatic heterocycles. The van der Waals surface area contributed by atoms with E-state index in [1.54, 1.807) is 30.3 Å². The second-order valence-electron chi connectivity index (χ2n) is 5.85. The number of rotatable bonds is 2. The van der Waals surface area contributed by atoms with Crippen LogP contribution in [0.15, 0.2) is 48.5 Å². The molecular weight excluding hydrogens is 341 g/mol. The van der Waals surface area contributed by atoms with Crippen molar-refractivity contribution < 1.29 is 22.7 Å². The number of ether oxygens (including phenoxy) is 1. The summed E-state index contributed by atoms with van der Waals surface area (Å²) in [5, 5.41) is 0.103. The van der Waals surface area contributed by atoms with E-state index in [0.717, 1.165) is 6.07 Å². The lowest BCUT2D eigenvalue weighted by Gasteiger charge is -2.14. The quantitative estimate of drug-likeness (QED) is 0.617. The Hall–Kier alpha value is -2.01. The average Bonchev–Trinajstić information content (AvgIpc) is 2.46. The van der Waals surface area contributed by atoms with Crippen LogP contribution in [0.25, 0.3) is 11.1 Å². The molecule has 24 heavy (non-hydrogen) atoms. The van der Waals surface area contributed by atoms with Gasteiger partial charge in [0.2, 0.25) is 0 Å². The number of hydrogen-bond acceptors (Lipinski definition) is 2. The molecule has 0 aliphatic heterocycles. The Balaban J connectivity index is 0.000000351. The van der Waals surface area contributed by atoms with E-state index in [1.165, 1.54) is 12.1 Å². The lowest BCUT2D eigenvalue weighted by atomic mass is 9.99. The predicted octanol–water partition coefficient (Wildman–Crippen LogP) is 5.98. The number of benzene rings is 2. The molecule has 2 rings (SSSR count). The summed E-state index contributed by atoms with van der Waals surface area (Å²) < 4.78 is 43.1. The van der Waals surface area contributed by atoms with E-state index in [1.807, 2.05) is 20.8 Å². The largest absolute Gasteiger partial charge is 0.462 e. The third kappa shape index (κ3) is 6.24. The smallest absolute Gasteiger partial charge is 0.417 e. The highest BCUT2D eigenvalue weighted by Crippen LogP contribution is 2.40. The van der Waals surface area contributed by atoms with E-state index in [9.17, 15) is 18.0 Å². The molecule has 0 amide bonds. The van der Waals surface area contributed by atoms with E-state index in [-0.39, 0.29) is 16.2 Å². The molecule has 0 N–H and O–H groups in total. The van der Waals surface area contributed by atoms with Crippen molar-refractivity contribution in [1.29, 1.82) is 0 Å². The van der Waals surface area contributed by atoms with Crippen LogP contribution in [0.5, 0.6) is 0 Å². The Bertz CT molecular complexity index is 662. The molecule has 0 atom stereocenters. The summed E-state index contributed by atoms with van der Waals surface area (Å²) in [5.74, 6) is 0. The van der Waals surface area contributed by atoms with Crippen molar-refractivity contribution in [3.63, 3.8) is 0 Å². The molecule has 0 aliphatic rings. The van der Waals surface area contributed by atoms with Crippen molar-refractivity contribution in [2.45, 2.75) is 32.5 Å². The van der Waals surface area contributed by atoms with Crippen molar-refractivity contribution in [2.24, 2.45) is 0 Å². The molecular formula is C18H18ClF3O2. The van der Waals surface area contributed by atoms with Crippen molar-refractivity contribution in [1.82, 2.24) is 0 Å². The summed E-state index contributed by atoms with van der Waals surface area (Å²) >= 11 is 5.87. The molecule has 6 heteroatoms. The van der Waals surface area contributed by atoms with Gasteiger partial charge in [0.25, 0.3) is 6.47 Å². The number of carbonyl (C=O) groups is 1. The molecule has 130 valence electrons. The summed E-state index contributed by atoms with van der Waals surface area (Å²) in [6.45, 7) is 5.92. The Morgan fingerprint density at radius 1 is 0.958 bits per heavy atom. The van der Waals surface area contributed by atoms with Gasteiger partial charge in [0.15, 0.2) is 0 Å². The van der Waals surface area contributed by atoms with Crippen molar-refractivity contribution >= 4 is 18.1 Å². The predicted molar refractivity (Wildman–Crippen MR) is 88.8 cm³/mol. The minimum Gasteiger partial charge on any atom is -0.462 e. The maximum atomic E-state index is 12.9. The van der Waals surface area contributed by atoms with Crippen LogP contribution in [0.1, 0.15) is 26.3 Å². The monoisotopic (exact) mass is 358 g/mol. The molecule has 0 bridgehead atoms. The van der Waals surface area contributed by atoms with Crippen molar-refractivity contribution in [2.75, 3.05) is 0 Å². The van der Waals surface area contributed by atoms with Crippen LogP contribution in [0, 0.1) is 0 Å². The summed E-state index contributed by atoms with van der Waals surface area (Å²) in [5.41, 5.74) is -0.536. The first-order valence-electron chi connectivity index (χ1n) is 7.09. The van der Waals surface area contributed by atoms with Crippen LogP contribution in [-0.2, 0) is 15.7 Å². The van der Waals surface area contributed by atoms with Gasteiger partial charge in [-0.25, -0.2) is 0 Å². The molecule has 0 saturated carbocycles. The first kappa shape index (κ1) is 20.0. The van der Waals surface area contributed by atoms with Crippen LogP contribution in [0.3, 0.4) is 0 Å². The van der Waals surface area contributed by atoms with E-state index in [0.29, 0.717) is 12.0 Å². The third-order valence-electron chi connectivity index (χ3n) is 2.78. The highest BCUT2D eigenvalue weighted by atomic mass is 35.5. The van der Waals surface area contributed by atoms with Crippen LogP contribution < -0.4 is 0 Å². The minimum atomic E-state index is -4.41. The zero-order valence-corrected chi connectivity index (χ0v) is 14.3. The SMILES string of the molecule is CC(C)(C)OC=O.FC(F)(F)c1cccc(Cl)c1-c1ccccc1. The molecule has 2 aromatic rings. The van der Waals surface area contributed by atoms with Crippen molar-refractivity contribution in [3.8, 4) is 11.1 Å². The molecule has 0 heterocycles. The highest BCUT2D eigenvalue weighted by Gasteiger charge is 2.34. The third-order valence-corrected chi connectivity index (χ3v) is 3.10. The Labute approximate surface area is 144 Å². The minimum absolute atomic E-state index is 0.0299. The van der Waals surface area contributed by atoms with Gasteiger partial charge in [0.05, 0.1) is 5.56 Å². The summed E-state index contributed by atoms with van der Waals surface area (Å²) in [6, 6.07) is 12.1. The Kier molecular flexibility index (Phi) is 6.84. The van der Waals surface area contributed by atoms with Crippen LogP contribution in [0.4, 0.5) is 13.2 Å². The molecule has 0 aliphatic carbocycles. The van der Waals surface area contributed by atoms with Crippen molar-refractivity contribution in [3.05, 3.63) is 59.1 Å². The number of halogens is 4. The Morgan fingerprint density at radius 2 is 1.54 bits per heavy atom. The molecule has 0 fully saturated rings. The fourth-order valence-corrected chi connectivity index (χ4v) is 2.09. The van der Waals surface area contributed by atoms with Crippen LogP contribution in [-0.4, -0.2) is 12.1 Å².